The van der Waals surface area contributed by atoms with Gasteiger partial charge in [-0.15, -0.1) is 0 Å². The van der Waals surface area contributed by atoms with Crippen LogP contribution in [0.5, 0.6) is 5.75 Å². The first kappa shape index (κ1) is 22.7. The largest absolute Gasteiger partial charge is 0.497 e. The van der Waals surface area contributed by atoms with Gasteiger partial charge in [-0.2, -0.15) is 5.10 Å². The van der Waals surface area contributed by atoms with Gasteiger partial charge in [0.15, 0.2) is 15.9 Å². The summed E-state index contributed by atoms with van der Waals surface area (Å²) in [6, 6.07) is 6.58. The van der Waals surface area contributed by atoms with Gasteiger partial charge in [0.25, 0.3) is 5.91 Å². The normalized spacial score (nSPS) is 21.2. The number of carbonyl (C=O) groups excluding carboxylic acids is 3. The fraction of sp³-hybridized carbons (Fsp3) is 0.500. The number of nitrogens with one attached hydrogen (secondary N) is 1. The van der Waals surface area contributed by atoms with Crippen LogP contribution < -0.4 is 10.1 Å². The van der Waals surface area contributed by atoms with Gasteiger partial charge in [0.2, 0.25) is 5.91 Å². The molecule has 10 nitrogen and oxygen atoms in total. The molecular weight excluding hydrogens is 426 g/mol. The van der Waals surface area contributed by atoms with Gasteiger partial charge in [-0.1, -0.05) is 12.1 Å². The predicted octanol–water partition coefficient (Wildman–Crippen LogP) is 0.409. The molecule has 2 aliphatic rings. The molecule has 11 heteroatoms. The molecule has 2 amide bonds. The van der Waals surface area contributed by atoms with Crippen LogP contribution in [0, 0.1) is 0 Å². The van der Waals surface area contributed by atoms with Crippen molar-refractivity contribution in [2.75, 3.05) is 18.6 Å². The molecule has 1 N–H and O–H groups in total. The van der Waals surface area contributed by atoms with E-state index in [2.05, 4.69) is 10.4 Å². The lowest BCUT2D eigenvalue weighted by molar-refractivity contribution is -0.149. The number of rotatable bonds is 7. The number of esters is 1. The summed E-state index contributed by atoms with van der Waals surface area (Å²) in [6.45, 7) is 1.70. The summed E-state index contributed by atoms with van der Waals surface area (Å²) in [4.78, 5) is 36.9. The van der Waals surface area contributed by atoms with Crippen molar-refractivity contribution >= 4 is 33.3 Å². The van der Waals surface area contributed by atoms with Crippen LogP contribution in [0.15, 0.2) is 29.4 Å². The molecule has 31 heavy (non-hydrogen) atoms. The minimum Gasteiger partial charge on any atom is -0.497 e. The maximum atomic E-state index is 12.4. The van der Waals surface area contributed by atoms with Crippen LogP contribution in [0.3, 0.4) is 0 Å². The Morgan fingerprint density at radius 3 is 2.58 bits per heavy atom. The average Bonchev–Trinajstić information content (AvgIpc) is 3.11. The topological polar surface area (TPSA) is 131 Å². The highest BCUT2D eigenvalue weighted by molar-refractivity contribution is 7.91. The molecule has 2 heterocycles. The molecule has 0 unspecified atom stereocenters. The first-order chi connectivity index (χ1) is 14.7. The van der Waals surface area contributed by atoms with E-state index in [-0.39, 0.29) is 48.9 Å². The van der Waals surface area contributed by atoms with Crippen molar-refractivity contribution in [3.8, 4) is 5.75 Å². The Labute approximate surface area is 180 Å². The van der Waals surface area contributed by atoms with E-state index in [9.17, 15) is 22.8 Å². The van der Waals surface area contributed by atoms with E-state index in [1.54, 1.807) is 31.4 Å². The van der Waals surface area contributed by atoms with Crippen molar-refractivity contribution in [3.63, 3.8) is 0 Å². The Morgan fingerprint density at radius 2 is 1.97 bits per heavy atom. The first-order valence-electron chi connectivity index (χ1n) is 9.90. The Morgan fingerprint density at radius 1 is 1.26 bits per heavy atom. The van der Waals surface area contributed by atoms with E-state index >= 15 is 0 Å². The molecule has 0 spiro atoms. The molecule has 0 aromatic heterocycles. The van der Waals surface area contributed by atoms with Gasteiger partial charge in [-0.3, -0.25) is 9.59 Å². The van der Waals surface area contributed by atoms with Crippen LogP contribution in [-0.2, 0) is 35.5 Å². The molecule has 0 aliphatic carbocycles. The molecule has 0 bridgehead atoms. The number of hydrogen-bond donors (Lipinski definition) is 1. The molecular formula is C20H25N3O7S. The number of sulfone groups is 1. The Kier molecular flexibility index (Phi) is 6.94. The zero-order chi connectivity index (χ0) is 22.6. The van der Waals surface area contributed by atoms with Gasteiger partial charge < -0.3 is 14.8 Å². The van der Waals surface area contributed by atoms with Crippen molar-refractivity contribution in [1.29, 1.82) is 0 Å². The highest BCUT2D eigenvalue weighted by atomic mass is 32.2. The third-order valence-electron chi connectivity index (χ3n) is 5.13. The van der Waals surface area contributed by atoms with E-state index in [1.807, 2.05) is 0 Å². The van der Waals surface area contributed by atoms with Gasteiger partial charge in [0, 0.05) is 19.4 Å². The molecule has 0 radical (unpaired) electrons. The minimum atomic E-state index is -3.21. The monoisotopic (exact) mass is 451 g/mol. The highest BCUT2D eigenvalue weighted by Crippen LogP contribution is 2.22. The number of ether oxygens (including phenoxy) is 2. The summed E-state index contributed by atoms with van der Waals surface area (Å²) in [7, 11) is -1.64. The number of carbonyl (C=O) groups is 3. The van der Waals surface area contributed by atoms with Crippen LogP contribution in [-0.4, -0.2) is 67.7 Å². The maximum absolute atomic E-state index is 12.4. The molecule has 2 atom stereocenters. The van der Waals surface area contributed by atoms with Crippen molar-refractivity contribution in [2.24, 2.45) is 5.10 Å². The second kappa shape index (κ2) is 9.46. The third-order valence-corrected chi connectivity index (χ3v) is 6.88. The number of hydrazone groups is 1. The van der Waals surface area contributed by atoms with E-state index in [1.165, 1.54) is 6.92 Å². The van der Waals surface area contributed by atoms with Crippen molar-refractivity contribution in [2.45, 2.75) is 44.9 Å². The van der Waals surface area contributed by atoms with E-state index < -0.39 is 33.9 Å². The standard InChI is InChI=1S/C20H25N3O7S/c1-13(19(25)21-11-14-3-5-16(29-2)6-4-14)30-20(26)17-7-8-18(24)23(22-17)15-9-10-31(27,28)12-15/h3-6,13,15H,7-12H2,1-2H3,(H,21,25)/t13-,15+/m0/s1. The molecule has 2 aliphatic heterocycles. The Hall–Kier alpha value is -2.95. The zero-order valence-corrected chi connectivity index (χ0v) is 18.2. The minimum absolute atomic E-state index is 0.00120. The number of amides is 2. The summed E-state index contributed by atoms with van der Waals surface area (Å²) >= 11 is 0. The summed E-state index contributed by atoms with van der Waals surface area (Å²) < 4.78 is 33.7. The SMILES string of the molecule is COc1ccc(CNC(=O)[C@H](C)OC(=O)C2=NN([C@@H]3CCS(=O)(=O)C3)C(=O)CC2)cc1. The lowest BCUT2D eigenvalue weighted by Gasteiger charge is -2.27. The Balaban J connectivity index is 1.55. The third kappa shape index (κ3) is 5.81. The number of hydrogen-bond acceptors (Lipinski definition) is 8. The fourth-order valence-corrected chi connectivity index (χ4v) is 5.02. The lowest BCUT2D eigenvalue weighted by Crippen LogP contribution is -2.43. The smallest absolute Gasteiger partial charge is 0.355 e. The molecule has 1 aromatic rings. The van der Waals surface area contributed by atoms with Crippen molar-refractivity contribution < 1.29 is 32.3 Å². The second-order valence-corrected chi connectivity index (χ2v) is 9.68. The number of methoxy groups -OCH3 is 1. The average molecular weight is 452 g/mol. The quantitative estimate of drug-likeness (QED) is 0.594. The van der Waals surface area contributed by atoms with E-state index in [0.717, 1.165) is 10.6 Å². The summed E-state index contributed by atoms with van der Waals surface area (Å²) in [5.41, 5.74) is 0.851. The number of benzene rings is 1. The lowest BCUT2D eigenvalue weighted by atomic mass is 10.1. The molecule has 1 aromatic carbocycles. The van der Waals surface area contributed by atoms with Gasteiger partial charge >= 0.3 is 5.97 Å². The fourth-order valence-electron chi connectivity index (χ4n) is 3.33. The van der Waals surface area contributed by atoms with Crippen LogP contribution >= 0.6 is 0 Å². The van der Waals surface area contributed by atoms with E-state index in [0.29, 0.717) is 5.75 Å². The van der Waals surface area contributed by atoms with Gasteiger partial charge in [0.1, 0.15) is 11.5 Å². The summed E-state index contributed by atoms with van der Waals surface area (Å²) in [5, 5.41) is 7.82. The maximum Gasteiger partial charge on any atom is 0.355 e. The van der Waals surface area contributed by atoms with Crippen molar-refractivity contribution in [3.05, 3.63) is 29.8 Å². The first-order valence-corrected chi connectivity index (χ1v) is 11.7. The molecule has 0 saturated carbocycles. The molecule has 1 saturated heterocycles. The summed E-state index contributed by atoms with van der Waals surface area (Å²) in [5.74, 6) is -1.09. The van der Waals surface area contributed by atoms with Crippen LogP contribution in [0.4, 0.5) is 0 Å². The molecule has 1 fully saturated rings. The molecule has 168 valence electrons. The van der Waals surface area contributed by atoms with Crippen LogP contribution in [0.1, 0.15) is 31.7 Å². The van der Waals surface area contributed by atoms with Crippen LogP contribution in [0.25, 0.3) is 0 Å². The van der Waals surface area contributed by atoms with Crippen LogP contribution in [0.2, 0.25) is 0 Å². The van der Waals surface area contributed by atoms with Gasteiger partial charge in [-0.05, 0) is 31.0 Å². The van der Waals surface area contributed by atoms with Gasteiger partial charge in [-0.25, -0.2) is 18.2 Å². The molecule has 3 rings (SSSR count). The van der Waals surface area contributed by atoms with E-state index in [4.69, 9.17) is 9.47 Å². The number of nitrogens with zero attached hydrogens (tertiary/aromatic N) is 2. The predicted molar refractivity (Wildman–Crippen MR) is 111 cm³/mol. The second-order valence-electron chi connectivity index (χ2n) is 7.46. The Bertz CT molecular complexity index is 989. The summed E-state index contributed by atoms with van der Waals surface area (Å²) in [6.07, 6.45) is -0.674. The zero-order valence-electron chi connectivity index (χ0n) is 17.4. The van der Waals surface area contributed by atoms with Crippen molar-refractivity contribution in [1.82, 2.24) is 10.3 Å². The van der Waals surface area contributed by atoms with Gasteiger partial charge in [0.05, 0.1) is 24.7 Å². The highest BCUT2D eigenvalue weighted by Gasteiger charge is 2.37.